The van der Waals surface area contributed by atoms with Crippen LogP contribution in [0.3, 0.4) is 0 Å². The Kier molecular flexibility index (Phi) is 4.48. The Morgan fingerprint density at radius 2 is 1.92 bits per heavy atom. The van der Waals surface area contributed by atoms with Gasteiger partial charge >= 0.3 is 0 Å². The summed E-state index contributed by atoms with van der Waals surface area (Å²) in [7, 11) is 0. The minimum atomic E-state index is -0.538. The quantitative estimate of drug-likeness (QED) is 0.565. The van der Waals surface area contributed by atoms with Crippen LogP contribution < -0.4 is 5.32 Å². The fraction of sp³-hybridized carbons (Fsp3) is 0.0625. The van der Waals surface area contributed by atoms with Crippen molar-refractivity contribution in [1.82, 2.24) is 10.2 Å². The third kappa shape index (κ3) is 3.66. The zero-order valence-electron chi connectivity index (χ0n) is 12.9. The lowest BCUT2D eigenvalue weighted by Crippen LogP contribution is -2.12. The highest BCUT2D eigenvalue weighted by Gasteiger charge is 2.16. The van der Waals surface area contributed by atoms with Crippen LogP contribution in [-0.4, -0.2) is 21.0 Å². The van der Waals surface area contributed by atoms with Crippen LogP contribution in [-0.2, 0) is 0 Å². The molecular formula is C16H11FN4O3S. The number of hydrogen-bond acceptors (Lipinski definition) is 6. The molecule has 0 radical (unpaired) electrons. The number of nitro groups is 1. The van der Waals surface area contributed by atoms with E-state index >= 15 is 0 Å². The first kappa shape index (κ1) is 16.7. The van der Waals surface area contributed by atoms with Gasteiger partial charge in [-0.15, -0.1) is 10.2 Å². The molecule has 0 bridgehead atoms. The third-order valence-corrected chi connectivity index (χ3v) is 4.29. The van der Waals surface area contributed by atoms with Crippen molar-refractivity contribution in [1.29, 1.82) is 0 Å². The van der Waals surface area contributed by atoms with Crippen molar-refractivity contribution in [2.24, 2.45) is 0 Å². The van der Waals surface area contributed by atoms with Gasteiger partial charge in [0.25, 0.3) is 11.6 Å². The lowest BCUT2D eigenvalue weighted by atomic mass is 10.1. The molecular weight excluding hydrogens is 347 g/mol. The van der Waals surface area contributed by atoms with Crippen molar-refractivity contribution in [2.75, 3.05) is 5.32 Å². The first-order valence-corrected chi connectivity index (χ1v) is 7.91. The third-order valence-electron chi connectivity index (χ3n) is 3.40. The van der Waals surface area contributed by atoms with Crippen molar-refractivity contribution in [3.63, 3.8) is 0 Å². The van der Waals surface area contributed by atoms with E-state index in [1.807, 2.05) is 0 Å². The summed E-state index contributed by atoms with van der Waals surface area (Å²) >= 11 is 1.12. The van der Waals surface area contributed by atoms with E-state index in [4.69, 9.17) is 0 Å². The summed E-state index contributed by atoms with van der Waals surface area (Å²) in [6.07, 6.45) is 0. The predicted octanol–water partition coefficient (Wildman–Crippen LogP) is 3.81. The number of carbonyl (C=O) groups is 1. The summed E-state index contributed by atoms with van der Waals surface area (Å²) < 4.78 is 12.9. The van der Waals surface area contributed by atoms with E-state index in [-0.39, 0.29) is 22.2 Å². The lowest BCUT2D eigenvalue weighted by Gasteiger charge is -2.02. The molecule has 0 aliphatic carbocycles. The molecule has 1 N–H and O–H groups in total. The smallest absolute Gasteiger partial charge is 0.273 e. The molecule has 7 nitrogen and oxygen atoms in total. The Morgan fingerprint density at radius 3 is 2.60 bits per heavy atom. The van der Waals surface area contributed by atoms with Crippen molar-refractivity contribution in [3.8, 4) is 10.6 Å². The standard InChI is InChI=1S/C16H11FN4O3S/c1-9-2-3-11(8-13(9)21(23)24)14(22)18-16-20-19-15(25-16)10-4-6-12(17)7-5-10/h2-8H,1H3,(H,18,20,22). The zero-order valence-corrected chi connectivity index (χ0v) is 13.7. The van der Waals surface area contributed by atoms with Crippen molar-refractivity contribution >= 4 is 28.1 Å². The number of carbonyl (C=O) groups excluding carboxylic acids is 1. The van der Waals surface area contributed by atoms with Crippen LogP contribution in [0, 0.1) is 22.9 Å². The Hall–Kier alpha value is -3.20. The zero-order chi connectivity index (χ0) is 18.0. The molecule has 0 saturated heterocycles. The summed E-state index contributed by atoms with van der Waals surface area (Å²) in [5.41, 5.74) is 1.16. The molecule has 0 fully saturated rings. The van der Waals surface area contributed by atoms with Crippen molar-refractivity contribution < 1.29 is 14.1 Å². The van der Waals surface area contributed by atoms with E-state index in [2.05, 4.69) is 15.5 Å². The summed E-state index contributed by atoms with van der Waals surface area (Å²) in [5, 5.41) is 22.1. The maximum absolute atomic E-state index is 12.9. The second-order valence-corrected chi connectivity index (χ2v) is 6.11. The molecule has 0 spiro atoms. The SMILES string of the molecule is Cc1ccc(C(=O)Nc2nnc(-c3ccc(F)cc3)s2)cc1[N+](=O)[O-]. The lowest BCUT2D eigenvalue weighted by molar-refractivity contribution is -0.385. The van der Waals surface area contributed by atoms with E-state index in [1.165, 1.54) is 30.3 Å². The van der Waals surface area contributed by atoms with Crippen LogP contribution in [0.5, 0.6) is 0 Å². The molecule has 9 heteroatoms. The summed E-state index contributed by atoms with van der Waals surface area (Å²) in [5.74, 6) is -0.882. The van der Waals surface area contributed by atoms with Gasteiger partial charge in [0.1, 0.15) is 10.8 Å². The molecule has 0 aliphatic heterocycles. The molecule has 1 heterocycles. The van der Waals surface area contributed by atoms with Crippen LogP contribution >= 0.6 is 11.3 Å². The topological polar surface area (TPSA) is 98.0 Å². The van der Waals surface area contributed by atoms with Gasteiger partial charge in [0, 0.05) is 22.8 Å². The highest BCUT2D eigenvalue weighted by molar-refractivity contribution is 7.18. The number of benzene rings is 2. The average molecular weight is 358 g/mol. The summed E-state index contributed by atoms with van der Waals surface area (Å²) in [6, 6.07) is 9.96. The number of anilines is 1. The van der Waals surface area contributed by atoms with E-state index < -0.39 is 10.8 Å². The van der Waals surface area contributed by atoms with Gasteiger partial charge in [-0.05, 0) is 37.3 Å². The number of rotatable bonds is 4. The van der Waals surface area contributed by atoms with E-state index in [9.17, 15) is 19.3 Å². The molecule has 1 amide bonds. The molecule has 25 heavy (non-hydrogen) atoms. The molecule has 126 valence electrons. The molecule has 1 aromatic heterocycles. The normalized spacial score (nSPS) is 10.5. The maximum atomic E-state index is 12.9. The summed E-state index contributed by atoms with van der Waals surface area (Å²) in [6.45, 7) is 1.60. The van der Waals surface area contributed by atoms with Crippen molar-refractivity contribution in [2.45, 2.75) is 6.92 Å². The van der Waals surface area contributed by atoms with Gasteiger partial charge in [-0.25, -0.2) is 4.39 Å². The number of hydrogen-bond donors (Lipinski definition) is 1. The van der Waals surface area contributed by atoms with Gasteiger partial charge in [-0.3, -0.25) is 20.2 Å². The minimum absolute atomic E-state index is 0.128. The van der Waals surface area contributed by atoms with Gasteiger partial charge in [0.05, 0.1) is 4.92 Å². The fourth-order valence-electron chi connectivity index (χ4n) is 2.10. The number of nitrogens with one attached hydrogen (secondary N) is 1. The number of nitro benzene ring substituents is 1. The molecule has 3 aromatic rings. The highest BCUT2D eigenvalue weighted by atomic mass is 32.1. The Bertz CT molecular complexity index is 956. The first-order chi connectivity index (χ1) is 11.9. The number of amides is 1. The molecule has 2 aromatic carbocycles. The maximum Gasteiger partial charge on any atom is 0.273 e. The number of halogens is 1. The van der Waals surface area contributed by atoms with Crippen LogP contribution in [0.4, 0.5) is 15.2 Å². The largest absolute Gasteiger partial charge is 0.296 e. The Morgan fingerprint density at radius 1 is 1.20 bits per heavy atom. The number of nitrogens with zero attached hydrogens (tertiary/aromatic N) is 3. The van der Waals surface area contributed by atoms with E-state index in [0.29, 0.717) is 16.1 Å². The first-order valence-electron chi connectivity index (χ1n) is 7.10. The molecule has 0 aliphatic rings. The van der Waals surface area contributed by atoms with Gasteiger partial charge < -0.3 is 0 Å². The number of aromatic nitrogens is 2. The van der Waals surface area contributed by atoms with Gasteiger partial charge in [0.15, 0.2) is 0 Å². The average Bonchev–Trinajstić information content (AvgIpc) is 3.04. The van der Waals surface area contributed by atoms with Crippen LogP contribution in [0.25, 0.3) is 10.6 Å². The highest BCUT2D eigenvalue weighted by Crippen LogP contribution is 2.27. The second-order valence-electron chi connectivity index (χ2n) is 5.13. The summed E-state index contributed by atoms with van der Waals surface area (Å²) in [4.78, 5) is 22.7. The van der Waals surface area contributed by atoms with Crippen LogP contribution in [0.1, 0.15) is 15.9 Å². The monoisotopic (exact) mass is 358 g/mol. The van der Waals surface area contributed by atoms with Gasteiger partial charge in [-0.1, -0.05) is 17.4 Å². The predicted molar refractivity (Wildman–Crippen MR) is 91.1 cm³/mol. The van der Waals surface area contributed by atoms with Crippen molar-refractivity contribution in [3.05, 3.63) is 69.5 Å². The van der Waals surface area contributed by atoms with Gasteiger partial charge in [0.2, 0.25) is 5.13 Å². The van der Waals surface area contributed by atoms with Crippen LogP contribution in [0.15, 0.2) is 42.5 Å². The molecule has 0 saturated carbocycles. The second kappa shape index (κ2) is 6.73. The van der Waals surface area contributed by atoms with Gasteiger partial charge in [-0.2, -0.15) is 0 Å². The minimum Gasteiger partial charge on any atom is -0.296 e. The van der Waals surface area contributed by atoms with E-state index in [1.54, 1.807) is 19.1 Å². The fourth-order valence-corrected chi connectivity index (χ4v) is 2.84. The number of aryl methyl sites for hydroxylation is 1. The molecule has 0 atom stereocenters. The van der Waals surface area contributed by atoms with Crippen LogP contribution in [0.2, 0.25) is 0 Å². The molecule has 3 rings (SSSR count). The van der Waals surface area contributed by atoms with E-state index in [0.717, 1.165) is 11.3 Å². The Labute approximate surface area is 145 Å². The molecule has 0 unspecified atom stereocenters. The Balaban J connectivity index is 1.79.